The zero-order chi connectivity index (χ0) is 18.5. The van der Waals surface area contributed by atoms with Crippen molar-refractivity contribution in [2.24, 2.45) is 0 Å². The minimum Gasteiger partial charge on any atom is -0.480 e. The Morgan fingerprint density at radius 2 is 1.81 bits per heavy atom. The maximum absolute atomic E-state index is 12.1. The Labute approximate surface area is 148 Å². The smallest absolute Gasteiger partial charge is 0.336 e. The number of anilines is 1. The SMILES string of the molecule is O=C(Nc1ccc2oc(=O)ccc2c1)NC(Cc1ccccc1)C(=O)O. The second-order valence-electron chi connectivity index (χ2n) is 5.69. The summed E-state index contributed by atoms with van der Waals surface area (Å²) in [7, 11) is 0. The molecule has 7 heteroatoms. The summed E-state index contributed by atoms with van der Waals surface area (Å²) in [5, 5.41) is 15.0. The highest BCUT2D eigenvalue weighted by atomic mass is 16.4. The van der Waals surface area contributed by atoms with Crippen LogP contribution in [0.5, 0.6) is 0 Å². The number of carbonyl (C=O) groups is 2. The highest BCUT2D eigenvalue weighted by Crippen LogP contribution is 2.17. The normalized spacial score (nSPS) is 11.7. The van der Waals surface area contributed by atoms with Crippen molar-refractivity contribution in [3.63, 3.8) is 0 Å². The predicted molar refractivity (Wildman–Crippen MR) is 96.2 cm³/mol. The molecule has 3 N–H and O–H groups in total. The van der Waals surface area contributed by atoms with Crippen molar-refractivity contribution in [2.45, 2.75) is 12.5 Å². The first-order valence-corrected chi connectivity index (χ1v) is 7.89. The number of aliphatic carboxylic acids is 1. The number of hydrogen-bond acceptors (Lipinski definition) is 4. The van der Waals surface area contributed by atoms with Crippen molar-refractivity contribution in [3.05, 3.63) is 76.6 Å². The molecule has 0 radical (unpaired) electrons. The summed E-state index contributed by atoms with van der Waals surface area (Å²) in [5.41, 5.74) is 1.20. The maximum Gasteiger partial charge on any atom is 0.336 e. The molecule has 0 saturated heterocycles. The second kappa shape index (κ2) is 7.52. The molecule has 1 aromatic heterocycles. The maximum atomic E-state index is 12.1. The fraction of sp³-hybridized carbons (Fsp3) is 0.105. The molecule has 7 nitrogen and oxygen atoms in total. The molecule has 2 amide bonds. The van der Waals surface area contributed by atoms with Gasteiger partial charge >= 0.3 is 17.6 Å². The van der Waals surface area contributed by atoms with E-state index in [1.165, 1.54) is 6.07 Å². The van der Waals surface area contributed by atoms with Gasteiger partial charge in [-0.1, -0.05) is 30.3 Å². The predicted octanol–water partition coefficient (Wildman–Crippen LogP) is 2.61. The van der Waals surface area contributed by atoms with Crippen LogP contribution in [0, 0.1) is 0 Å². The average Bonchev–Trinajstić information content (AvgIpc) is 2.62. The first kappa shape index (κ1) is 17.2. The molecule has 3 rings (SSSR count). The fourth-order valence-corrected chi connectivity index (χ4v) is 2.52. The molecule has 0 aliphatic heterocycles. The van der Waals surface area contributed by atoms with Crippen molar-refractivity contribution < 1.29 is 19.1 Å². The lowest BCUT2D eigenvalue weighted by Crippen LogP contribution is -2.44. The second-order valence-corrected chi connectivity index (χ2v) is 5.69. The Morgan fingerprint density at radius 1 is 1.04 bits per heavy atom. The van der Waals surface area contributed by atoms with E-state index in [1.54, 1.807) is 36.4 Å². The fourth-order valence-electron chi connectivity index (χ4n) is 2.52. The zero-order valence-corrected chi connectivity index (χ0v) is 13.6. The lowest BCUT2D eigenvalue weighted by atomic mass is 10.1. The van der Waals surface area contributed by atoms with E-state index in [9.17, 15) is 19.5 Å². The third-order valence-electron chi connectivity index (χ3n) is 3.76. The molecule has 0 aliphatic carbocycles. The van der Waals surface area contributed by atoms with Crippen LogP contribution in [0.3, 0.4) is 0 Å². The number of nitrogens with one attached hydrogen (secondary N) is 2. The minimum absolute atomic E-state index is 0.173. The van der Waals surface area contributed by atoms with Gasteiger partial charge in [0.2, 0.25) is 0 Å². The van der Waals surface area contributed by atoms with E-state index < -0.39 is 23.7 Å². The number of hydrogen-bond donors (Lipinski definition) is 3. The largest absolute Gasteiger partial charge is 0.480 e. The summed E-state index contributed by atoms with van der Waals surface area (Å²) in [6.07, 6.45) is 0.173. The Kier molecular flexibility index (Phi) is 4.98. The van der Waals surface area contributed by atoms with Gasteiger partial charge < -0.3 is 20.2 Å². The molecule has 0 aliphatic rings. The number of rotatable bonds is 5. The van der Waals surface area contributed by atoms with Gasteiger partial charge in [0.05, 0.1) is 0 Å². The number of carboxylic acids is 1. The molecule has 0 fully saturated rings. The van der Waals surface area contributed by atoms with Gasteiger partial charge in [-0.05, 0) is 29.8 Å². The monoisotopic (exact) mass is 352 g/mol. The van der Waals surface area contributed by atoms with Crippen molar-refractivity contribution in [2.75, 3.05) is 5.32 Å². The Balaban J connectivity index is 1.69. The molecule has 0 bridgehead atoms. The standard InChI is InChI=1S/C19H16N2O5/c22-17-9-6-13-11-14(7-8-16(13)26-17)20-19(25)21-15(18(23)24)10-12-4-2-1-3-5-12/h1-9,11,15H,10H2,(H,23,24)(H2,20,21,25). The molecular formula is C19H16N2O5. The molecular weight excluding hydrogens is 336 g/mol. The lowest BCUT2D eigenvalue weighted by Gasteiger charge is -2.15. The van der Waals surface area contributed by atoms with Crippen LogP contribution in [0.15, 0.2) is 69.9 Å². The van der Waals surface area contributed by atoms with Crippen LogP contribution in [-0.4, -0.2) is 23.1 Å². The Hall–Kier alpha value is -3.61. The van der Waals surface area contributed by atoms with Crippen LogP contribution < -0.4 is 16.3 Å². The first-order chi connectivity index (χ1) is 12.5. The van der Waals surface area contributed by atoms with Crippen LogP contribution in [0.4, 0.5) is 10.5 Å². The molecule has 2 aromatic carbocycles. The van der Waals surface area contributed by atoms with E-state index in [-0.39, 0.29) is 6.42 Å². The van der Waals surface area contributed by atoms with Crippen LogP contribution in [0.2, 0.25) is 0 Å². The van der Waals surface area contributed by atoms with Gasteiger partial charge in [-0.3, -0.25) is 0 Å². The van der Waals surface area contributed by atoms with Gasteiger partial charge in [0, 0.05) is 23.6 Å². The number of carboxylic acid groups (broad SMARTS) is 1. The van der Waals surface area contributed by atoms with E-state index in [0.717, 1.165) is 5.56 Å². The van der Waals surface area contributed by atoms with Crippen LogP contribution in [0.1, 0.15) is 5.56 Å². The molecule has 1 atom stereocenters. The van der Waals surface area contributed by atoms with Crippen molar-refractivity contribution in [1.29, 1.82) is 0 Å². The molecule has 0 spiro atoms. The van der Waals surface area contributed by atoms with Crippen molar-refractivity contribution >= 4 is 28.7 Å². The van der Waals surface area contributed by atoms with E-state index in [0.29, 0.717) is 16.7 Å². The Bertz CT molecular complexity index is 997. The molecule has 132 valence electrons. The topological polar surface area (TPSA) is 109 Å². The van der Waals surface area contributed by atoms with Gasteiger partial charge in [-0.2, -0.15) is 0 Å². The van der Waals surface area contributed by atoms with E-state index in [4.69, 9.17) is 4.42 Å². The van der Waals surface area contributed by atoms with Crippen LogP contribution >= 0.6 is 0 Å². The van der Waals surface area contributed by atoms with Crippen LogP contribution in [0.25, 0.3) is 11.0 Å². The summed E-state index contributed by atoms with van der Waals surface area (Å²) in [5.74, 6) is -1.12. The van der Waals surface area contributed by atoms with Gasteiger partial charge in [-0.15, -0.1) is 0 Å². The molecule has 1 unspecified atom stereocenters. The van der Waals surface area contributed by atoms with Gasteiger partial charge in [0.15, 0.2) is 0 Å². The summed E-state index contributed by atoms with van der Waals surface area (Å²) < 4.78 is 5.02. The highest BCUT2D eigenvalue weighted by molar-refractivity contribution is 5.94. The quantitative estimate of drug-likeness (QED) is 0.612. The molecule has 26 heavy (non-hydrogen) atoms. The minimum atomic E-state index is -1.12. The number of benzene rings is 2. The molecule has 0 saturated carbocycles. The summed E-state index contributed by atoms with van der Waals surface area (Å²) in [6, 6.07) is 15.0. The summed E-state index contributed by atoms with van der Waals surface area (Å²) >= 11 is 0. The summed E-state index contributed by atoms with van der Waals surface area (Å²) in [4.78, 5) is 34.7. The third-order valence-corrected chi connectivity index (χ3v) is 3.76. The summed E-state index contributed by atoms with van der Waals surface area (Å²) in [6.45, 7) is 0. The number of urea groups is 1. The molecule has 3 aromatic rings. The van der Waals surface area contributed by atoms with Crippen molar-refractivity contribution in [1.82, 2.24) is 5.32 Å². The third kappa shape index (κ3) is 4.27. The first-order valence-electron chi connectivity index (χ1n) is 7.89. The van der Waals surface area contributed by atoms with Crippen LogP contribution in [-0.2, 0) is 11.2 Å². The average molecular weight is 352 g/mol. The zero-order valence-electron chi connectivity index (χ0n) is 13.6. The number of carbonyl (C=O) groups excluding carboxylic acids is 1. The highest BCUT2D eigenvalue weighted by Gasteiger charge is 2.20. The van der Waals surface area contributed by atoms with E-state index >= 15 is 0 Å². The number of fused-ring (bicyclic) bond motifs is 1. The van der Waals surface area contributed by atoms with E-state index in [1.807, 2.05) is 18.2 Å². The van der Waals surface area contributed by atoms with E-state index in [2.05, 4.69) is 10.6 Å². The van der Waals surface area contributed by atoms with Gasteiger partial charge in [0.25, 0.3) is 0 Å². The molecule has 1 heterocycles. The lowest BCUT2D eigenvalue weighted by molar-refractivity contribution is -0.139. The Morgan fingerprint density at radius 3 is 2.54 bits per heavy atom. The van der Waals surface area contributed by atoms with Gasteiger partial charge in [-0.25, -0.2) is 14.4 Å². The van der Waals surface area contributed by atoms with Crippen molar-refractivity contribution in [3.8, 4) is 0 Å². The van der Waals surface area contributed by atoms with Gasteiger partial charge in [0.1, 0.15) is 11.6 Å². The number of amides is 2.